The number of benzene rings is 2. The molecule has 0 unspecified atom stereocenters. The molecule has 0 aliphatic rings. The van der Waals surface area contributed by atoms with Crippen LogP contribution in [-0.2, 0) is 0 Å². The minimum absolute atomic E-state index is 0.211. The number of aromatic amines is 1. The molecule has 2 heterocycles. The van der Waals surface area contributed by atoms with Crippen molar-refractivity contribution in [3.63, 3.8) is 0 Å². The number of hydrogen-bond donors (Lipinski definition) is 2. The van der Waals surface area contributed by atoms with Gasteiger partial charge in [-0.05, 0) is 31.2 Å². The molecule has 1 amide bonds. The Morgan fingerprint density at radius 3 is 2.96 bits per heavy atom. The zero-order valence-electron chi connectivity index (χ0n) is 13.3. The lowest BCUT2D eigenvalue weighted by Crippen LogP contribution is -2.16. The maximum atomic E-state index is 12.2. The molecule has 0 saturated carbocycles. The van der Waals surface area contributed by atoms with Gasteiger partial charge in [0.05, 0.1) is 6.21 Å². The molecule has 0 fully saturated rings. The number of aryl methyl sites for hydroxylation is 1. The second-order valence-electron chi connectivity index (χ2n) is 5.75. The number of hydrazone groups is 1. The average molecular weight is 352 g/mol. The molecule has 0 spiro atoms. The highest BCUT2D eigenvalue weighted by atomic mass is 35.5. The highest BCUT2D eigenvalue weighted by Crippen LogP contribution is 2.24. The predicted molar refractivity (Wildman–Crippen MR) is 99.3 cm³/mol. The number of carbonyl (C=O) groups is 1. The van der Waals surface area contributed by atoms with E-state index in [0.717, 1.165) is 27.4 Å². The monoisotopic (exact) mass is 351 g/mol. The molecule has 0 bridgehead atoms. The van der Waals surface area contributed by atoms with Gasteiger partial charge in [0.2, 0.25) is 0 Å². The number of nitrogens with zero attached hydrogens (tertiary/aromatic N) is 1. The van der Waals surface area contributed by atoms with Crippen molar-refractivity contribution in [3.05, 3.63) is 70.6 Å². The lowest BCUT2D eigenvalue weighted by Gasteiger charge is -1.95. The van der Waals surface area contributed by atoms with E-state index in [2.05, 4.69) is 15.5 Å². The first-order valence-corrected chi connectivity index (χ1v) is 8.09. The van der Waals surface area contributed by atoms with Gasteiger partial charge in [0.25, 0.3) is 0 Å². The zero-order chi connectivity index (χ0) is 17.4. The van der Waals surface area contributed by atoms with E-state index in [1.165, 1.54) is 6.21 Å². The Labute approximate surface area is 148 Å². The molecule has 0 saturated heterocycles. The van der Waals surface area contributed by atoms with Gasteiger partial charge < -0.3 is 9.40 Å². The summed E-state index contributed by atoms with van der Waals surface area (Å²) in [6.45, 7) is 1.99. The summed E-state index contributed by atoms with van der Waals surface area (Å²) in [4.78, 5) is 15.3. The van der Waals surface area contributed by atoms with E-state index in [4.69, 9.17) is 16.0 Å². The van der Waals surface area contributed by atoms with Crippen LogP contribution in [0.5, 0.6) is 0 Å². The number of hydrogen-bond acceptors (Lipinski definition) is 3. The fraction of sp³-hybridized carbons (Fsp3) is 0.0526. The van der Waals surface area contributed by atoms with E-state index in [1.54, 1.807) is 6.07 Å². The minimum Gasteiger partial charge on any atom is -0.451 e. The molecule has 4 rings (SSSR count). The van der Waals surface area contributed by atoms with Crippen LogP contribution in [-0.4, -0.2) is 17.1 Å². The fourth-order valence-corrected chi connectivity index (χ4v) is 2.99. The van der Waals surface area contributed by atoms with Crippen molar-refractivity contribution in [2.75, 3.05) is 0 Å². The van der Waals surface area contributed by atoms with Crippen LogP contribution in [0.1, 0.15) is 21.7 Å². The van der Waals surface area contributed by atoms with Crippen molar-refractivity contribution >= 4 is 45.6 Å². The van der Waals surface area contributed by atoms with Crippen LogP contribution in [0, 0.1) is 6.92 Å². The topological polar surface area (TPSA) is 70.4 Å². The number of para-hydroxylation sites is 1. The van der Waals surface area contributed by atoms with Crippen molar-refractivity contribution in [1.82, 2.24) is 10.4 Å². The normalized spacial score (nSPS) is 11.6. The summed E-state index contributed by atoms with van der Waals surface area (Å²) in [7, 11) is 0. The van der Waals surface area contributed by atoms with Crippen molar-refractivity contribution < 1.29 is 9.21 Å². The largest absolute Gasteiger partial charge is 0.451 e. The van der Waals surface area contributed by atoms with E-state index < -0.39 is 5.91 Å². The summed E-state index contributed by atoms with van der Waals surface area (Å²) in [5, 5.41) is 6.29. The van der Waals surface area contributed by atoms with Gasteiger partial charge in [-0.1, -0.05) is 41.4 Å². The predicted octanol–water partition coefficient (Wildman–Crippen LogP) is 4.64. The first-order valence-electron chi connectivity index (χ1n) is 7.71. The number of aromatic nitrogens is 1. The zero-order valence-corrected chi connectivity index (χ0v) is 14.1. The summed E-state index contributed by atoms with van der Waals surface area (Å²) in [5.41, 5.74) is 5.87. The van der Waals surface area contributed by atoms with Gasteiger partial charge in [-0.3, -0.25) is 4.79 Å². The molecule has 2 aromatic carbocycles. The van der Waals surface area contributed by atoms with Gasteiger partial charge in [-0.25, -0.2) is 5.43 Å². The number of H-pyrrole nitrogens is 1. The Bertz CT molecular complexity index is 1120. The summed E-state index contributed by atoms with van der Waals surface area (Å²) in [5.74, 6) is -0.205. The number of fused-ring (bicyclic) bond motifs is 2. The van der Waals surface area contributed by atoms with Crippen LogP contribution in [0.25, 0.3) is 21.9 Å². The van der Waals surface area contributed by atoms with Gasteiger partial charge in [0, 0.05) is 21.9 Å². The molecule has 0 aliphatic heterocycles. The van der Waals surface area contributed by atoms with Crippen LogP contribution in [0.15, 0.2) is 58.0 Å². The van der Waals surface area contributed by atoms with E-state index >= 15 is 0 Å². The summed E-state index contributed by atoms with van der Waals surface area (Å²) >= 11 is 6.19. The van der Waals surface area contributed by atoms with Crippen LogP contribution < -0.4 is 5.43 Å². The summed E-state index contributed by atoms with van der Waals surface area (Å²) in [6.07, 6.45) is 1.52. The Kier molecular flexibility index (Phi) is 3.78. The van der Waals surface area contributed by atoms with Crippen LogP contribution in [0.3, 0.4) is 0 Å². The van der Waals surface area contributed by atoms with Crippen LogP contribution >= 0.6 is 11.6 Å². The molecule has 0 atom stereocenters. The number of nitrogens with one attached hydrogen (secondary N) is 2. The van der Waals surface area contributed by atoms with Crippen molar-refractivity contribution in [1.29, 1.82) is 0 Å². The third kappa shape index (κ3) is 2.90. The van der Waals surface area contributed by atoms with E-state index in [0.29, 0.717) is 10.7 Å². The fourth-order valence-electron chi connectivity index (χ4n) is 2.74. The Hall–Kier alpha value is -3.05. The second-order valence-corrected chi connectivity index (χ2v) is 6.13. The molecule has 2 N–H and O–H groups in total. The maximum absolute atomic E-state index is 12.2. The highest BCUT2D eigenvalue weighted by molar-refractivity contribution is 6.34. The van der Waals surface area contributed by atoms with Crippen LogP contribution in [0.4, 0.5) is 0 Å². The molecule has 2 aromatic heterocycles. The lowest BCUT2D eigenvalue weighted by atomic mass is 10.2. The van der Waals surface area contributed by atoms with Crippen LogP contribution in [0.2, 0.25) is 5.15 Å². The summed E-state index contributed by atoms with van der Waals surface area (Å²) < 4.78 is 5.55. The van der Waals surface area contributed by atoms with Gasteiger partial charge in [0.1, 0.15) is 10.7 Å². The Morgan fingerprint density at radius 2 is 2.08 bits per heavy atom. The molecule has 0 aliphatic carbocycles. The second kappa shape index (κ2) is 6.11. The van der Waals surface area contributed by atoms with Gasteiger partial charge >= 0.3 is 5.91 Å². The average Bonchev–Trinajstić information content (AvgIpc) is 3.15. The molecular weight excluding hydrogens is 338 g/mol. The number of furan rings is 1. The van der Waals surface area contributed by atoms with E-state index in [9.17, 15) is 4.79 Å². The van der Waals surface area contributed by atoms with Gasteiger partial charge in [-0.15, -0.1) is 0 Å². The molecule has 6 heteroatoms. The molecular formula is C19H14ClN3O2. The molecule has 25 heavy (non-hydrogen) atoms. The smallest absolute Gasteiger partial charge is 0.307 e. The molecule has 5 nitrogen and oxygen atoms in total. The molecule has 4 aromatic rings. The number of rotatable bonds is 3. The number of halogens is 1. The Morgan fingerprint density at radius 1 is 1.24 bits per heavy atom. The van der Waals surface area contributed by atoms with Gasteiger partial charge in [-0.2, -0.15) is 5.10 Å². The van der Waals surface area contributed by atoms with Crippen molar-refractivity contribution in [2.24, 2.45) is 5.10 Å². The number of carbonyl (C=O) groups excluding carboxylic acids is 1. The summed E-state index contributed by atoms with van der Waals surface area (Å²) in [6, 6.07) is 15.1. The first kappa shape index (κ1) is 15.5. The van der Waals surface area contributed by atoms with E-state index in [1.807, 2.05) is 49.4 Å². The quantitative estimate of drug-likeness (QED) is 0.417. The van der Waals surface area contributed by atoms with Gasteiger partial charge in [0.15, 0.2) is 5.76 Å². The standard InChI is InChI=1S/C19H14ClN3O2/c1-11-6-7-16-12(8-11)9-17(25-16)19(24)23-21-10-14-13-4-2-3-5-15(13)22-18(14)20/h2-10,22H,1H3,(H,23,24). The third-order valence-electron chi connectivity index (χ3n) is 3.95. The number of amides is 1. The van der Waals surface area contributed by atoms with E-state index in [-0.39, 0.29) is 5.76 Å². The molecule has 124 valence electrons. The Balaban J connectivity index is 1.56. The third-order valence-corrected chi connectivity index (χ3v) is 4.25. The lowest BCUT2D eigenvalue weighted by molar-refractivity contribution is 0.0929. The maximum Gasteiger partial charge on any atom is 0.307 e. The highest BCUT2D eigenvalue weighted by Gasteiger charge is 2.12. The minimum atomic E-state index is -0.416. The van der Waals surface area contributed by atoms with Crippen molar-refractivity contribution in [3.8, 4) is 0 Å². The molecule has 0 radical (unpaired) electrons. The SMILES string of the molecule is Cc1ccc2oc(C(=O)NN=Cc3c(Cl)[nH]c4ccccc34)cc2c1. The first-order chi connectivity index (χ1) is 12.1. The van der Waals surface area contributed by atoms with Crippen molar-refractivity contribution in [2.45, 2.75) is 6.92 Å².